The van der Waals surface area contributed by atoms with Gasteiger partial charge in [0.25, 0.3) is 5.91 Å². The first-order valence-electron chi connectivity index (χ1n) is 8.61. The summed E-state index contributed by atoms with van der Waals surface area (Å²) in [5, 5.41) is 2.85. The van der Waals surface area contributed by atoms with Gasteiger partial charge in [-0.25, -0.2) is 9.78 Å². The van der Waals surface area contributed by atoms with E-state index in [1.54, 1.807) is 13.1 Å². The van der Waals surface area contributed by atoms with E-state index in [1.807, 2.05) is 42.0 Å². The van der Waals surface area contributed by atoms with Crippen LogP contribution in [0.5, 0.6) is 0 Å². The van der Waals surface area contributed by atoms with E-state index in [9.17, 15) is 9.59 Å². The van der Waals surface area contributed by atoms with Crippen LogP contribution < -0.4 is 5.32 Å². The van der Waals surface area contributed by atoms with Crippen molar-refractivity contribution >= 4 is 11.9 Å². The molecule has 0 saturated carbocycles. The van der Waals surface area contributed by atoms with Crippen LogP contribution in [-0.2, 0) is 23.4 Å². The number of hydrogen-bond donors (Lipinski definition) is 1. The summed E-state index contributed by atoms with van der Waals surface area (Å²) >= 11 is 0. The molecule has 0 bridgehead atoms. The second kappa shape index (κ2) is 6.35. The molecule has 1 aliphatic heterocycles. The lowest BCUT2D eigenvalue weighted by Gasteiger charge is -2.23. The zero-order chi connectivity index (χ0) is 18.2. The van der Waals surface area contributed by atoms with E-state index in [-0.39, 0.29) is 18.5 Å². The molecule has 1 fully saturated rings. The Morgan fingerprint density at radius 2 is 1.88 bits per heavy atom. The number of imidazole rings is 1. The zero-order valence-electron chi connectivity index (χ0n) is 15.1. The molecule has 132 valence electrons. The second-order valence-electron chi connectivity index (χ2n) is 6.85. The Morgan fingerprint density at radius 1 is 1.20 bits per heavy atom. The number of imide groups is 1. The molecule has 2 aromatic rings. The number of hydrogen-bond acceptors (Lipinski definition) is 3. The van der Waals surface area contributed by atoms with Crippen LogP contribution in [0.15, 0.2) is 36.7 Å². The summed E-state index contributed by atoms with van der Waals surface area (Å²) in [6.07, 6.45) is 3.53. The van der Waals surface area contributed by atoms with E-state index >= 15 is 0 Å². The molecule has 3 rings (SSSR count). The van der Waals surface area contributed by atoms with Gasteiger partial charge >= 0.3 is 6.03 Å². The summed E-state index contributed by atoms with van der Waals surface area (Å²) in [6.45, 7) is 8.91. The Hall–Kier alpha value is -2.63. The largest absolute Gasteiger partial charge is 0.334 e. The molecule has 2 heterocycles. The predicted molar refractivity (Wildman–Crippen MR) is 94.9 cm³/mol. The van der Waals surface area contributed by atoms with Crippen molar-refractivity contribution in [3.8, 4) is 0 Å². The molecule has 0 aliphatic carbocycles. The number of urea groups is 1. The number of carbonyl (C=O) groups excluding carboxylic acids is 2. The lowest BCUT2D eigenvalue weighted by atomic mass is 9.90. The fourth-order valence-electron chi connectivity index (χ4n) is 3.16. The Balaban J connectivity index is 1.86. The van der Waals surface area contributed by atoms with E-state index in [4.69, 9.17) is 0 Å². The Labute approximate surface area is 147 Å². The van der Waals surface area contributed by atoms with Gasteiger partial charge in [0.1, 0.15) is 11.4 Å². The van der Waals surface area contributed by atoms with Crippen LogP contribution >= 0.6 is 0 Å². The summed E-state index contributed by atoms with van der Waals surface area (Å²) in [5.41, 5.74) is 0.943. The Bertz CT molecular complexity index is 794. The van der Waals surface area contributed by atoms with E-state index in [2.05, 4.69) is 24.1 Å². The minimum atomic E-state index is -1.05. The van der Waals surface area contributed by atoms with Crippen LogP contribution in [0.3, 0.4) is 0 Å². The van der Waals surface area contributed by atoms with E-state index in [0.717, 1.165) is 12.1 Å². The first kappa shape index (κ1) is 17.2. The number of aromatic nitrogens is 2. The first-order chi connectivity index (χ1) is 11.9. The Kier molecular flexibility index (Phi) is 4.37. The number of nitrogens with zero attached hydrogens (tertiary/aromatic N) is 3. The molecular weight excluding hydrogens is 316 g/mol. The van der Waals surface area contributed by atoms with Gasteiger partial charge in [-0.15, -0.1) is 0 Å². The van der Waals surface area contributed by atoms with Crippen LogP contribution in [0, 0.1) is 0 Å². The Morgan fingerprint density at radius 3 is 2.48 bits per heavy atom. The van der Waals surface area contributed by atoms with Gasteiger partial charge in [0, 0.05) is 18.9 Å². The molecule has 6 nitrogen and oxygen atoms in total. The summed E-state index contributed by atoms with van der Waals surface area (Å²) in [4.78, 5) is 30.9. The minimum absolute atomic E-state index is 0.172. The molecule has 1 atom stereocenters. The number of rotatable bonds is 5. The lowest BCUT2D eigenvalue weighted by molar-refractivity contribution is -0.131. The third-order valence-electron chi connectivity index (χ3n) is 4.87. The van der Waals surface area contributed by atoms with Crippen LogP contribution in [0.25, 0.3) is 0 Å². The quantitative estimate of drug-likeness (QED) is 0.851. The van der Waals surface area contributed by atoms with Crippen molar-refractivity contribution in [3.63, 3.8) is 0 Å². The molecule has 1 N–H and O–H groups in total. The fourth-order valence-corrected chi connectivity index (χ4v) is 3.16. The maximum absolute atomic E-state index is 13.0. The van der Waals surface area contributed by atoms with Crippen molar-refractivity contribution in [2.24, 2.45) is 0 Å². The predicted octanol–water partition coefficient (Wildman–Crippen LogP) is 2.99. The average molecular weight is 340 g/mol. The monoisotopic (exact) mass is 340 g/mol. The van der Waals surface area contributed by atoms with Crippen molar-refractivity contribution < 1.29 is 9.59 Å². The van der Waals surface area contributed by atoms with Crippen molar-refractivity contribution in [1.29, 1.82) is 0 Å². The molecule has 0 radical (unpaired) electrons. The molecular formula is C19H24N4O2. The topological polar surface area (TPSA) is 67.2 Å². The average Bonchev–Trinajstić information content (AvgIpc) is 3.13. The minimum Gasteiger partial charge on any atom is -0.334 e. The molecule has 3 amide bonds. The second-order valence-corrected chi connectivity index (χ2v) is 6.85. The van der Waals surface area contributed by atoms with Crippen molar-refractivity contribution in [2.75, 3.05) is 0 Å². The smallest absolute Gasteiger partial charge is 0.325 e. The number of carbonyl (C=O) groups is 2. The highest BCUT2D eigenvalue weighted by Crippen LogP contribution is 2.30. The molecule has 25 heavy (non-hydrogen) atoms. The number of amides is 3. The van der Waals surface area contributed by atoms with Gasteiger partial charge in [-0.05, 0) is 30.9 Å². The molecule has 0 spiro atoms. The van der Waals surface area contributed by atoms with E-state index in [1.165, 1.54) is 10.5 Å². The SMILES string of the molecule is CCn1ccnc1CN1C(=O)NC(C)(c2ccc(C(C)C)cc2)C1=O. The summed E-state index contributed by atoms with van der Waals surface area (Å²) in [7, 11) is 0. The standard InChI is InChI=1S/C19H24N4O2/c1-5-22-11-10-20-16(22)12-23-17(24)19(4,21-18(23)25)15-8-6-14(7-9-15)13(2)3/h6-11,13H,5,12H2,1-4H3,(H,21,25). The third kappa shape index (κ3) is 2.92. The molecule has 1 aromatic carbocycles. The maximum Gasteiger partial charge on any atom is 0.325 e. The van der Waals surface area contributed by atoms with Gasteiger partial charge in [-0.1, -0.05) is 38.1 Å². The maximum atomic E-state index is 13.0. The van der Waals surface area contributed by atoms with Crippen molar-refractivity contribution in [3.05, 3.63) is 53.6 Å². The van der Waals surface area contributed by atoms with Crippen molar-refractivity contribution in [2.45, 2.75) is 52.2 Å². The van der Waals surface area contributed by atoms with Gasteiger partial charge in [0.05, 0.1) is 6.54 Å². The molecule has 6 heteroatoms. The van der Waals surface area contributed by atoms with Crippen LogP contribution in [-0.4, -0.2) is 26.4 Å². The van der Waals surface area contributed by atoms with E-state index < -0.39 is 5.54 Å². The molecule has 1 unspecified atom stereocenters. The van der Waals surface area contributed by atoms with Crippen LogP contribution in [0.1, 0.15) is 50.6 Å². The summed E-state index contributed by atoms with van der Waals surface area (Å²) in [6, 6.07) is 7.48. The van der Waals surface area contributed by atoms with Crippen LogP contribution in [0.2, 0.25) is 0 Å². The third-order valence-corrected chi connectivity index (χ3v) is 4.87. The highest BCUT2D eigenvalue weighted by molar-refractivity contribution is 6.07. The molecule has 1 aliphatic rings. The van der Waals surface area contributed by atoms with Gasteiger partial charge < -0.3 is 9.88 Å². The normalized spacial score (nSPS) is 20.4. The first-order valence-corrected chi connectivity index (χ1v) is 8.61. The lowest BCUT2D eigenvalue weighted by Crippen LogP contribution is -2.40. The number of aryl methyl sites for hydroxylation is 1. The van der Waals surface area contributed by atoms with E-state index in [0.29, 0.717) is 11.7 Å². The number of benzene rings is 1. The van der Waals surface area contributed by atoms with Gasteiger partial charge in [-0.3, -0.25) is 9.69 Å². The zero-order valence-corrected chi connectivity index (χ0v) is 15.1. The highest BCUT2D eigenvalue weighted by Gasteiger charge is 2.49. The molecule has 1 saturated heterocycles. The summed E-state index contributed by atoms with van der Waals surface area (Å²) in [5.74, 6) is 0.867. The van der Waals surface area contributed by atoms with Crippen molar-refractivity contribution in [1.82, 2.24) is 19.8 Å². The molecule has 1 aromatic heterocycles. The highest BCUT2D eigenvalue weighted by atomic mass is 16.2. The van der Waals surface area contributed by atoms with Gasteiger partial charge in [-0.2, -0.15) is 0 Å². The van der Waals surface area contributed by atoms with Gasteiger partial charge in [0.15, 0.2) is 0 Å². The van der Waals surface area contributed by atoms with Gasteiger partial charge in [0.2, 0.25) is 0 Å². The number of nitrogens with one attached hydrogen (secondary N) is 1. The van der Waals surface area contributed by atoms with Crippen LogP contribution in [0.4, 0.5) is 4.79 Å². The fraction of sp³-hybridized carbons (Fsp3) is 0.421. The summed E-state index contributed by atoms with van der Waals surface area (Å²) < 4.78 is 1.92.